The molecule has 1 fully saturated rings. The first-order valence-corrected chi connectivity index (χ1v) is 9.91. The first-order chi connectivity index (χ1) is 14.9. The van der Waals surface area contributed by atoms with Crippen molar-refractivity contribution >= 4 is 11.6 Å². The molecule has 2 atom stereocenters. The molecule has 0 saturated heterocycles. The third-order valence-electron chi connectivity index (χ3n) is 5.57. The quantitative estimate of drug-likeness (QED) is 0.654. The first kappa shape index (κ1) is 20.5. The molecular formula is C24H21FN4O2. The van der Waals surface area contributed by atoms with Crippen molar-refractivity contribution < 1.29 is 13.9 Å². The van der Waals surface area contributed by atoms with Gasteiger partial charge in [-0.3, -0.25) is 4.79 Å². The summed E-state index contributed by atoms with van der Waals surface area (Å²) in [6.45, 7) is 3.95. The summed E-state index contributed by atoms with van der Waals surface area (Å²) < 4.78 is 19.8. The summed E-state index contributed by atoms with van der Waals surface area (Å²) in [5.74, 6) is 0.0840. The van der Waals surface area contributed by atoms with Crippen molar-refractivity contribution in [3.8, 4) is 11.8 Å². The Morgan fingerprint density at radius 3 is 2.77 bits per heavy atom. The second-order valence-electron chi connectivity index (χ2n) is 7.76. The molecule has 2 aromatic carbocycles. The predicted molar refractivity (Wildman–Crippen MR) is 113 cm³/mol. The lowest BCUT2D eigenvalue weighted by Gasteiger charge is -2.19. The third kappa shape index (κ3) is 4.24. The predicted octanol–water partition coefficient (Wildman–Crippen LogP) is 4.08. The van der Waals surface area contributed by atoms with E-state index in [1.807, 2.05) is 50.2 Å². The number of amides is 1. The molecule has 1 aliphatic rings. The molecule has 1 aliphatic carbocycles. The van der Waals surface area contributed by atoms with Gasteiger partial charge in [0.05, 0.1) is 36.0 Å². The Kier molecular flexibility index (Phi) is 5.38. The van der Waals surface area contributed by atoms with E-state index in [-0.39, 0.29) is 29.7 Å². The van der Waals surface area contributed by atoms with Gasteiger partial charge >= 0.3 is 0 Å². The van der Waals surface area contributed by atoms with Gasteiger partial charge in [0, 0.05) is 11.1 Å². The molecule has 0 unspecified atom stereocenters. The topological polar surface area (TPSA) is 87.9 Å². The Morgan fingerprint density at radius 1 is 1.29 bits per heavy atom. The maximum atomic E-state index is 13.7. The Balaban J connectivity index is 1.55. The highest BCUT2D eigenvalue weighted by atomic mass is 19.1. The van der Waals surface area contributed by atoms with Gasteiger partial charge in [0.2, 0.25) is 5.91 Å². The van der Waals surface area contributed by atoms with Crippen molar-refractivity contribution in [2.75, 3.05) is 11.9 Å². The number of hydrogen-bond acceptors (Lipinski definition) is 5. The van der Waals surface area contributed by atoms with Crippen LogP contribution < -0.4 is 10.1 Å². The van der Waals surface area contributed by atoms with Crippen LogP contribution in [0.1, 0.15) is 29.1 Å². The largest absolute Gasteiger partial charge is 0.489 e. The normalized spacial score (nSPS) is 19.4. The minimum Gasteiger partial charge on any atom is -0.489 e. The summed E-state index contributed by atoms with van der Waals surface area (Å²) in [7, 11) is 0. The molecule has 0 bridgehead atoms. The fourth-order valence-electron chi connectivity index (χ4n) is 3.86. The smallest absolute Gasteiger partial charge is 0.228 e. The zero-order valence-corrected chi connectivity index (χ0v) is 17.2. The number of carbonyl (C=O) groups is 1. The molecule has 6 nitrogen and oxygen atoms in total. The van der Waals surface area contributed by atoms with Crippen LogP contribution in [0.5, 0.6) is 5.75 Å². The second kappa shape index (κ2) is 8.15. The number of aryl methyl sites for hydroxylation is 2. The molecule has 156 valence electrons. The van der Waals surface area contributed by atoms with Crippen LogP contribution in [-0.2, 0) is 10.2 Å². The Labute approximate surface area is 179 Å². The Bertz CT molecular complexity index is 1180. The van der Waals surface area contributed by atoms with E-state index in [2.05, 4.69) is 15.3 Å². The minimum absolute atomic E-state index is 0.151. The van der Waals surface area contributed by atoms with Crippen molar-refractivity contribution in [2.24, 2.45) is 5.92 Å². The van der Waals surface area contributed by atoms with Gasteiger partial charge in [0.1, 0.15) is 11.6 Å². The van der Waals surface area contributed by atoms with E-state index in [0.29, 0.717) is 18.0 Å². The minimum atomic E-state index is -0.572. The molecule has 1 saturated carbocycles. The summed E-state index contributed by atoms with van der Waals surface area (Å²) in [6.07, 6.45) is 2.24. The molecule has 0 radical (unpaired) electrons. The fraction of sp³-hybridized carbons (Fsp3) is 0.250. The van der Waals surface area contributed by atoms with Crippen molar-refractivity contribution in [2.45, 2.75) is 25.7 Å². The summed E-state index contributed by atoms with van der Waals surface area (Å²) in [4.78, 5) is 21.5. The van der Waals surface area contributed by atoms with Crippen molar-refractivity contribution in [1.29, 1.82) is 5.26 Å². The number of nitrogens with zero attached hydrogens (tertiary/aromatic N) is 3. The fourth-order valence-corrected chi connectivity index (χ4v) is 3.86. The molecular weight excluding hydrogens is 395 g/mol. The average molecular weight is 416 g/mol. The molecule has 1 N–H and O–H groups in total. The number of rotatable bonds is 6. The maximum Gasteiger partial charge on any atom is 0.228 e. The lowest BCUT2D eigenvalue weighted by atomic mass is 9.93. The molecule has 1 aromatic heterocycles. The number of anilines is 1. The molecule has 4 rings (SSSR count). The van der Waals surface area contributed by atoms with Crippen molar-refractivity contribution in [3.63, 3.8) is 0 Å². The van der Waals surface area contributed by atoms with Gasteiger partial charge in [-0.25, -0.2) is 14.4 Å². The maximum absolute atomic E-state index is 13.7. The highest BCUT2D eigenvalue weighted by Crippen LogP contribution is 2.55. The van der Waals surface area contributed by atoms with Gasteiger partial charge in [0.25, 0.3) is 0 Å². The van der Waals surface area contributed by atoms with Crippen LogP contribution in [0, 0.1) is 36.9 Å². The molecule has 0 aliphatic heterocycles. The molecule has 0 spiro atoms. The highest BCUT2D eigenvalue weighted by Gasteiger charge is 2.60. The third-order valence-corrected chi connectivity index (χ3v) is 5.57. The summed E-state index contributed by atoms with van der Waals surface area (Å²) in [5, 5.41) is 11.8. The van der Waals surface area contributed by atoms with Crippen molar-refractivity contribution in [3.05, 3.63) is 83.2 Å². The second-order valence-corrected chi connectivity index (χ2v) is 7.76. The van der Waals surface area contributed by atoms with E-state index < -0.39 is 11.2 Å². The molecule has 3 aromatic rings. The van der Waals surface area contributed by atoms with Crippen molar-refractivity contribution in [1.82, 2.24) is 9.97 Å². The zero-order valence-electron chi connectivity index (χ0n) is 17.2. The molecule has 1 heterocycles. The van der Waals surface area contributed by atoms with Gasteiger partial charge in [-0.2, -0.15) is 5.26 Å². The van der Waals surface area contributed by atoms with E-state index in [1.54, 1.807) is 6.20 Å². The SMILES string of the molecule is Cc1ncc(OC[C@@]2(c3ccccc3)C[C@H]2C(=O)Nc2cc(F)cc(C#N)c2)c(C)n1. The standard InChI is InChI=1S/C24H21FN4O2/c1-15-22(13-27-16(2)28-15)31-14-24(18-6-4-3-5-7-18)11-21(24)23(30)29-20-9-17(12-26)8-19(25)10-20/h3-10,13,21H,11,14H2,1-2H3,(H,29,30)/t21-,24+/m0/s1. The molecule has 1 amide bonds. The number of ether oxygens (including phenoxy) is 1. The summed E-state index contributed by atoms with van der Waals surface area (Å²) in [6, 6.07) is 15.4. The van der Waals surface area contributed by atoms with E-state index in [0.717, 1.165) is 17.3 Å². The van der Waals surface area contributed by atoms with Crippen LogP contribution in [0.3, 0.4) is 0 Å². The van der Waals surface area contributed by atoms with E-state index in [4.69, 9.17) is 10.00 Å². The number of halogens is 1. The van der Waals surface area contributed by atoms with Gasteiger partial charge < -0.3 is 10.1 Å². The van der Waals surface area contributed by atoms with E-state index in [1.165, 1.54) is 12.1 Å². The average Bonchev–Trinajstić information content (AvgIpc) is 3.49. The van der Waals surface area contributed by atoms with Gasteiger partial charge in [-0.1, -0.05) is 30.3 Å². The van der Waals surface area contributed by atoms with E-state index >= 15 is 0 Å². The summed E-state index contributed by atoms with van der Waals surface area (Å²) in [5.41, 5.74) is 1.64. The Morgan fingerprint density at radius 2 is 2.06 bits per heavy atom. The number of nitrogens with one attached hydrogen (secondary N) is 1. The lowest BCUT2D eigenvalue weighted by molar-refractivity contribution is -0.117. The van der Waals surface area contributed by atoms with Crippen LogP contribution in [0.25, 0.3) is 0 Å². The Hall–Kier alpha value is -3.79. The van der Waals surface area contributed by atoms with Crippen LogP contribution in [0.15, 0.2) is 54.7 Å². The number of benzene rings is 2. The lowest BCUT2D eigenvalue weighted by Crippen LogP contribution is -2.26. The monoisotopic (exact) mass is 416 g/mol. The van der Waals surface area contributed by atoms with Crippen LogP contribution in [0.4, 0.5) is 10.1 Å². The number of carbonyl (C=O) groups excluding carboxylic acids is 1. The number of hydrogen-bond donors (Lipinski definition) is 1. The zero-order chi connectivity index (χ0) is 22.0. The molecule has 7 heteroatoms. The van der Waals surface area contributed by atoms with Crippen LogP contribution >= 0.6 is 0 Å². The summed E-state index contributed by atoms with van der Waals surface area (Å²) >= 11 is 0. The molecule has 31 heavy (non-hydrogen) atoms. The van der Waals surface area contributed by atoms with Gasteiger partial charge in [-0.05, 0) is 44.0 Å². The first-order valence-electron chi connectivity index (χ1n) is 9.91. The van der Waals surface area contributed by atoms with Crippen LogP contribution in [0.2, 0.25) is 0 Å². The van der Waals surface area contributed by atoms with Gasteiger partial charge in [0.15, 0.2) is 5.75 Å². The highest BCUT2D eigenvalue weighted by molar-refractivity contribution is 5.96. The number of nitriles is 1. The van der Waals surface area contributed by atoms with Crippen LogP contribution in [-0.4, -0.2) is 22.5 Å². The van der Waals surface area contributed by atoms with E-state index in [9.17, 15) is 9.18 Å². The number of aromatic nitrogens is 2. The van der Waals surface area contributed by atoms with Gasteiger partial charge in [-0.15, -0.1) is 0 Å².